The second kappa shape index (κ2) is 15.2. The molecule has 0 radical (unpaired) electrons. The van der Waals surface area contributed by atoms with Crippen molar-refractivity contribution in [1.82, 2.24) is 10.2 Å². The summed E-state index contributed by atoms with van der Waals surface area (Å²) in [5, 5.41) is 3.05. The Bertz CT molecular complexity index is 1630. The van der Waals surface area contributed by atoms with Crippen molar-refractivity contribution >= 4 is 43.5 Å². The molecule has 2 atom stereocenters. The van der Waals surface area contributed by atoms with E-state index in [1.54, 1.807) is 48.5 Å². The van der Waals surface area contributed by atoms with Gasteiger partial charge in [-0.15, -0.1) is 0 Å². The highest BCUT2D eigenvalue weighted by Crippen LogP contribution is 2.27. The normalized spacial score (nSPS) is 12.6. The Morgan fingerprint density at radius 2 is 1.39 bits per heavy atom. The van der Waals surface area contributed by atoms with Crippen molar-refractivity contribution in [2.24, 2.45) is 0 Å². The van der Waals surface area contributed by atoms with Gasteiger partial charge in [0.25, 0.3) is 10.0 Å². The number of benzene rings is 4. The molecule has 0 bridgehead atoms. The van der Waals surface area contributed by atoms with Crippen LogP contribution in [0.5, 0.6) is 0 Å². The number of anilines is 1. The van der Waals surface area contributed by atoms with Gasteiger partial charge in [-0.05, 0) is 67.8 Å². The van der Waals surface area contributed by atoms with Gasteiger partial charge in [-0.25, -0.2) is 8.42 Å². The highest BCUT2D eigenvalue weighted by atomic mass is 79.9. The van der Waals surface area contributed by atoms with Crippen molar-refractivity contribution in [3.63, 3.8) is 0 Å². The quantitative estimate of drug-likeness (QED) is 0.175. The number of carbonyl (C=O) groups is 2. The number of nitrogens with zero attached hydrogens (tertiary/aromatic N) is 2. The first kappa shape index (κ1) is 33.0. The Kier molecular flexibility index (Phi) is 11.4. The third-order valence-electron chi connectivity index (χ3n) is 7.47. The molecule has 0 spiro atoms. The van der Waals surface area contributed by atoms with Gasteiger partial charge in [0.15, 0.2) is 0 Å². The lowest BCUT2D eigenvalue weighted by atomic mass is 10.0. The molecule has 4 rings (SSSR count). The molecule has 1 N–H and O–H groups in total. The lowest BCUT2D eigenvalue weighted by molar-refractivity contribution is -0.140. The Hall–Kier alpha value is -3.95. The average molecular weight is 677 g/mol. The van der Waals surface area contributed by atoms with Crippen LogP contribution in [-0.2, 0) is 32.6 Å². The van der Waals surface area contributed by atoms with E-state index in [0.717, 1.165) is 31.9 Å². The number of amides is 2. The van der Waals surface area contributed by atoms with Crippen molar-refractivity contribution in [3.05, 3.63) is 130 Å². The van der Waals surface area contributed by atoms with Crippen molar-refractivity contribution in [3.8, 4) is 0 Å². The van der Waals surface area contributed by atoms with Gasteiger partial charge in [0.2, 0.25) is 11.8 Å². The Balaban J connectivity index is 1.79. The first-order valence-electron chi connectivity index (χ1n) is 14.6. The first-order valence-corrected chi connectivity index (χ1v) is 16.8. The van der Waals surface area contributed by atoms with Crippen molar-refractivity contribution in [2.75, 3.05) is 10.8 Å². The fraction of sp³-hybridized carbons (Fsp3) is 0.257. The Morgan fingerprint density at radius 3 is 1.95 bits per heavy atom. The lowest BCUT2D eigenvalue weighted by Crippen LogP contribution is -2.54. The van der Waals surface area contributed by atoms with Gasteiger partial charge >= 0.3 is 0 Å². The molecule has 0 unspecified atom stereocenters. The molecule has 0 aliphatic carbocycles. The van der Waals surface area contributed by atoms with Gasteiger partial charge in [-0.1, -0.05) is 101 Å². The maximum atomic E-state index is 14.5. The fourth-order valence-corrected chi connectivity index (χ4v) is 6.43. The molecule has 0 saturated carbocycles. The Labute approximate surface area is 269 Å². The molecule has 0 heterocycles. The number of hydrogen-bond acceptors (Lipinski definition) is 4. The molecular formula is C35H38BrN3O4S. The van der Waals surface area contributed by atoms with Gasteiger partial charge < -0.3 is 10.2 Å². The molecule has 2 amide bonds. The molecule has 7 nitrogen and oxygen atoms in total. The van der Waals surface area contributed by atoms with Crippen LogP contribution in [0, 0.1) is 6.92 Å². The topological polar surface area (TPSA) is 86.8 Å². The van der Waals surface area contributed by atoms with Crippen LogP contribution < -0.4 is 9.62 Å². The molecule has 0 aliphatic heterocycles. The van der Waals surface area contributed by atoms with Crippen LogP contribution in [0.25, 0.3) is 0 Å². The molecule has 0 fully saturated rings. The maximum Gasteiger partial charge on any atom is 0.264 e. The summed E-state index contributed by atoms with van der Waals surface area (Å²) in [7, 11) is -4.14. The smallest absolute Gasteiger partial charge is 0.264 e. The summed E-state index contributed by atoms with van der Waals surface area (Å²) in [6.45, 7) is 5.42. The zero-order valence-electron chi connectivity index (χ0n) is 25.2. The number of rotatable bonds is 13. The van der Waals surface area contributed by atoms with Crippen molar-refractivity contribution < 1.29 is 18.0 Å². The van der Waals surface area contributed by atoms with Crippen LogP contribution in [0.3, 0.4) is 0 Å². The van der Waals surface area contributed by atoms with Crippen LogP contribution >= 0.6 is 15.9 Å². The van der Waals surface area contributed by atoms with Crippen LogP contribution in [0.1, 0.15) is 37.0 Å². The fourth-order valence-electron chi connectivity index (χ4n) is 4.75. The van der Waals surface area contributed by atoms with Crippen LogP contribution in [0.15, 0.2) is 119 Å². The largest absolute Gasteiger partial charge is 0.352 e. The van der Waals surface area contributed by atoms with Gasteiger partial charge in [-0.3, -0.25) is 13.9 Å². The minimum atomic E-state index is -4.14. The summed E-state index contributed by atoms with van der Waals surface area (Å²) in [6.07, 6.45) is 0.993. The highest BCUT2D eigenvalue weighted by Gasteiger charge is 2.35. The average Bonchev–Trinajstić information content (AvgIpc) is 3.03. The van der Waals surface area contributed by atoms with E-state index in [0.29, 0.717) is 5.69 Å². The predicted molar refractivity (Wildman–Crippen MR) is 179 cm³/mol. The lowest BCUT2D eigenvalue weighted by Gasteiger charge is -2.34. The summed E-state index contributed by atoms with van der Waals surface area (Å²) in [5.41, 5.74) is 2.97. The third kappa shape index (κ3) is 8.57. The number of nitrogens with one attached hydrogen (secondary N) is 1. The van der Waals surface area contributed by atoms with E-state index in [1.165, 1.54) is 4.90 Å². The number of halogens is 1. The SMILES string of the molecule is CC[C@H](C)NC(=O)[C@@H](Cc1ccccc1)N(Cc1ccccc1)C(=O)CN(c1ccc(Br)cc1)S(=O)(=O)c1ccc(C)cc1. The van der Waals surface area contributed by atoms with Gasteiger partial charge in [-0.2, -0.15) is 0 Å². The molecule has 0 saturated heterocycles. The molecule has 0 aliphatic rings. The van der Waals surface area contributed by atoms with Crippen LogP contribution in [-0.4, -0.2) is 43.8 Å². The van der Waals surface area contributed by atoms with Crippen molar-refractivity contribution in [2.45, 2.75) is 57.1 Å². The molecular weight excluding hydrogens is 638 g/mol. The Morgan fingerprint density at radius 1 is 0.818 bits per heavy atom. The second-order valence-electron chi connectivity index (χ2n) is 10.8. The standard InChI is InChI=1S/C35H38BrN3O4S/c1-4-27(3)37-35(41)33(23-28-11-7-5-8-12-28)38(24-29-13-9-6-10-14-29)34(40)25-39(31-19-17-30(36)18-20-31)44(42,43)32-21-15-26(2)16-22-32/h5-22,27,33H,4,23-25H2,1-3H3,(H,37,41)/t27-,33+/m0/s1. The number of carbonyl (C=O) groups excluding carboxylic acids is 2. The minimum Gasteiger partial charge on any atom is -0.352 e. The van der Waals surface area contributed by atoms with Gasteiger partial charge in [0.1, 0.15) is 12.6 Å². The molecule has 4 aromatic rings. The minimum absolute atomic E-state index is 0.0729. The summed E-state index contributed by atoms with van der Waals surface area (Å²) in [5.74, 6) is -0.781. The van der Waals surface area contributed by atoms with Crippen LogP contribution in [0.4, 0.5) is 5.69 Å². The van der Waals surface area contributed by atoms with E-state index >= 15 is 0 Å². The van der Waals surface area contributed by atoms with E-state index in [9.17, 15) is 18.0 Å². The number of sulfonamides is 1. The van der Waals surface area contributed by atoms with Gasteiger partial charge in [0, 0.05) is 23.5 Å². The molecule has 0 aromatic heterocycles. The third-order valence-corrected chi connectivity index (χ3v) is 9.79. The zero-order valence-corrected chi connectivity index (χ0v) is 27.6. The summed E-state index contributed by atoms with van der Waals surface area (Å²) in [4.78, 5) is 29.9. The molecule has 44 heavy (non-hydrogen) atoms. The van der Waals surface area contributed by atoms with E-state index in [1.807, 2.05) is 81.4 Å². The van der Waals surface area contributed by atoms with E-state index in [4.69, 9.17) is 0 Å². The highest BCUT2D eigenvalue weighted by molar-refractivity contribution is 9.10. The second-order valence-corrected chi connectivity index (χ2v) is 13.6. The van der Waals surface area contributed by atoms with Crippen LogP contribution in [0.2, 0.25) is 0 Å². The summed E-state index contributed by atoms with van der Waals surface area (Å²) in [6, 6.07) is 31.3. The summed E-state index contributed by atoms with van der Waals surface area (Å²) >= 11 is 3.41. The van der Waals surface area contributed by atoms with E-state index in [2.05, 4.69) is 21.2 Å². The predicted octanol–water partition coefficient (Wildman–Crippen LogP) is 6.51. The first-order chi connectivity index (χ1) is 21.1. The van der Waals surface area contributed by atoms with E-state index < -0.39 is 28.5 Å². The molecule has 4 aromatic carbocycles. The van der Waals surface area contributed by atoms with Crippen molar-refractivity contribution in [1.29, 1.82) is 0 Å². The monoisotopic (exact) mass is 675 g/mol. The number of aryl methyl sites for hydroxylation is 1. The molecule has 9 heteroatoms. The van der Waals surface area contributed by atoms with Gasteiger partial charge in [0.05, 0.1) is 10.6 Å². The number of hydrogen-bond donors (Lipinski definition) is 1. The maximum absolute atomic E-state index is 14.5. The summed E-state index contributed by atoms with van der Waals surface area (Å²) < 4.78 is 30.1. The molecule has 230 valence electrons. The van der Waals surface area contributed by atoms with E-state index in [-0.39, 0.29) is 29.8 Å². The zero-order chi connectivity index (χ0) is 31.7.